The van der Waals surface area contributed by atoms with E-state index in [0.29, 0.717) is 5.92 Å². The highest BCUT2D eigenvalue weighted by Gasteiger charge is 2.24. The Balaban J connectivity index is 2.25. The van der Waals surface area contributed by atoms with Crippen LogP contribution in [-0.2, 0) is 9.53 Å². The molecule has 1 aliphatic heterocycles. The number of esters is 1. The molecule has 1 unspecified atom stereocenters. The van der Waals surface area contributed by atoms with Crippen molar-refractivity contribution in [2.45, 2.75) is 52.2 Å². The minimum absolute atomic E-state index is 0.0462. The zero-order valence-corrected chi connectivity index (χ0v) is 9.38. The van der Waals surface area contributed by atoms with E-state index >= 15 is 0 Å². The van der Waals surface area contributed by atoms with Crippen LogP contribution in [0, 0.1) is 5.92 Å². The second-order valence-electron chi connectivity index (χ2n) is 4.53. The van der Waals surface area contributed by atoms with Gasteiger partial charge >= 0.3 is 5.97 Å². The number of nitrogens with one attached hydrogen (secondary N) is 1. The third-order valence-corrected chi connectivity index (χ3v) is 2.47. The number of hydrogen-bond acceptors (Lipinski definition) is 3. The molecule has 1 heterocycles. The lowest BCUT2D eigenvalue weighted by Gasteiger charge is -2.17. The maximum atomic E-state index is 11.6. The monoisotopic (exact) mass is 199 g/mol. The van der Waals surface area contributed by atoms with E-state index in [0.717, 1.165) is 25.8 Å². The second-order valence-corrected chi connectivity index (χ2v) is 4.53. The van der Waals surface area contributed by atoms with Gasteiger partial charge in [0.25, 0.3) is 0 Å². The first-order chi connectivity index (χ1) is 6.59. The van der Waals surface area contributed by atoms with Crippen LogP contribution in [-0.4, -0.2) is 24.7 Å². The Hall–Kier alpha value is -0.570. The largest absolute Gasteiger partial charge is 0.462 e. The summed E-state index contributed by atoms with van der Waals surface area (Å²) in [6.45, 7) is 7.18. The van der Waals surface area contributed by atoms with Gasteiger partial charge in [-0.05, 0) is 38.6 Å². The topological polar surface area (TPSA) is 38.3 Å². The summed E-state index contributed by atoms with van der Waals surface area (Å²) in [6, 6.07) is -0.0513. The fourth-order valence-electron chi connectivity index (χ4n) is 1.88. The molecule has 1 saturated heterocycles. The molecule has 0 aromatic rings. The van der Waals surface area contributed by atoms with Crippen molar-refractivity contribution in [1.82, 2.24) is 5.32 Å². The van der Waals surface area contributed by atoms with Gasteiger partial charge in [0.2, 0.25) is 0 Å². The molecule has 1 fully saturated rings. The standard InChI is InChI=1S/C11H21NO2/c1-8(2)7-9(3)14-11(13)10-5-4-6-12-10/h8-10,12H,4-7H2,1-3H3/t9?,10-/m0/s1. The third-order valence-electron chi connectivity index (χ3n) is 2.47. The number of carbonyl (C=O) groups is 1. The number of carbonyl (C=O) groups excluding carboxylic acids is 1. The Morgan fingerprint density at radius 3 is 2.71 bits per heavy atom. The fraction of sp³-hybridized carbons (Fsp3) is 0.909. The lowest BCUT2D eigenvalue weighted by molar-refractivity contribution is -0.151. The van der Waals surface area contributed by atoms with Gasteiger partial charge in [0.05, 0.1) is 6.10 Å². The first kappa shape index (κ1) is 11.5. The van der Waals surface area contributed by atoms with Crippen LogP contribution < -0.4 is 5.32 Å². The minimum atomic E-state index is -0.0735. The molecule has 1 rings (SSSR count). The Labute approximate surface area is 86.2 Å². The van der Waals surface area contributed by atoms with Crippen molar-refractivity contribution in [2.75, 3.05) is 6.54 Å². The fourth-order valence-corrected chi connectivity index (χ4v) is 1.88. The molecule has 0 aliphatic carbocycles. The molecule has 0 bridgehead atoms. The molecule has 1 aliphatic rings. The molecular weight excluding hydrogens is 178 g/mol. The van der Waals surface area contributed by atoms with Gasteiger partial charge in [-0.15, -0.1) is 0 Å². The molecule has 3 heteroatoms. The van der Waals surface area contributed by atoms with Gasteiger partial charge in [-0.3, -0.25) is 4.79 Å². The highest BCUT2D eigenvalue weighted by atomic mass is 16.5. The molecule has 0 aromatic carbocycles. The van der Waals surface area contributed by atoms with E-state index < -0.39 is 0 Å². The first-order valence-corrected chi connectivity index (χ1v) is 5.53. The molecule has 2 atom stereocenters. The lowest BCUT2D eigenvalue weighted by atomic mass is 10.1. The van der Waals surface area contributed by atoms with E-state index in [-0.39, 0.29) is 18.1 Å². The van der Waals surface area contributed by atoms with Crippen LogP contribution in [0.1, 0.15) is 40.0 Å². The molecule has 1 N–H and O–H groups in total. The molecular formula is C11H21NO2. The van der Waals surface area contributed by atoms with Crippen LogP contribution in [0.5, 0.6) is 0 Å². The van der Waals surface area contributed by atoms with E-state index in [1.807, 2.05) is 6.92 Å². The number of rotatable bonds is 4. The van der Waals surface area contributed by atoms with E-state index in [1.165, 1.54) is 0 Å². The summed E-state index contributed by atoms with van der Waals surface area (Å²) in [7, 11) is 0. The van der Waals surface area contributed by atoms with Crippen LogP contribution in [0.4, 0.5) is 0 Å². The highest BCUT2D eigenvalue weighted by molar-refractivity contribution is 5.76. The summed E-state index contributed by atoms with van der Waals surface area (Å²) in [5, 5.41) is 3.14. The van der Waals surface area contributed by atoms with E-state index in [9.17, 15) is 4.79 Å². The molecule has 0 amide bonds. The SMILES string of the molecule is CC(C)CC(C)OC(=O)[C@@H]1CCCN1. The molecule has 82 valence electrons. The average Bonchev–Trinajstić information content (AvgIpc) is 2.53. The highest BCUT2D eigenvalue weighted by Crippen LogP contribution is 2.12. The molecule has 0 spiro atoms. The Morgan fingerprint density at radius 2 is 2.21 bits per heavy atom. The van der Waals surface area contributed by atoms with Gasteiger partial charge in [0.15, 0.2) is 0 Å². The van der Waals surface area contributed by atoms with Crippen molar-refractivity contribution >= 4 is 5.97 Å². The maximum Gasteiger partial charge on any atom is 0.323 e. The van der Waals surface area contributed by atoms with Gasteiger partial charge in [-0.25, -0.2) is 0 Å². The van der Waals surface area contributed by atoms with Crippen molar-refractivity contribution < 1.29 is 9.53 Å². The smallest absolute Gasteiger partial charge is 0.323 e. The van der Waals surface area contributed by atoms with Gasteiger partial charge in [0.1, 0.15) is 6.04 Å². The molecule has 3 nitrogen and oxygen atoms in total. The van der Waals surface area contributed by atoms with E-state index in [2.05, 4.69) is 19.2 Å². The van der Waals surface area contributed by atoms with Gasteiger partial charge in [-0.2, -0.15) is 0 Å². The summed E-state index contributed by atoms with van der Waals surface area (Å²) in [4.78, 5) is 11.6. The van der Waals surface area contributed by atoms with Gasteiger partial charge in [-0.1, -0.05) is 13.8 Å². The Bertz CT molecular complexity index is 186. The Morgan fingerprint density at radius 1 is 1.50 bits per heavy atom. The summed E-state index contributed by atoms with van der Waals surface area (Å²) < 4.78 is 5.34. The molecule has 0 aromatic heterocycles. The molecule has 0 radical (unpaired) electrons. The molecule has 0 saturated carbocycles. The van der Waals surface area contributed by atoms with Gasteiger partial charge < -0.3 is 10.1 Å². The molecule has 14 heavy (non-hydrogen) atoms. The minimum Gasteiger partial charge on any atom is -0.462 e. The summed E-state index contributed by atoms with van der Waals surface area (Å²) in [5.41, 5.74) is 0. The van der Waals surface area contributed by atoms with Crippen LogP contribution in [0.15, 0.2) is 0 Å². The maximum absolute atomic E-state index is 11.6. The quantitative estimate of drug-likeness (QED) is 0.701. The number of ether oxygens (including phenoxy) is 1. The average molecular weight is 199 g/mol. The summed E-state index contributed by atoms with van der Waals surface area (Å²) >= 11 is 0. The van der Waals surface area contributed by atoms with Crippen molar-refractivity contribution in [3.63, 3.8) is 0 Å². The number of hydrogen-bond donors (Lipinski definition) is 1. The van der Waals surface area contributed by atoms with Crippen LogP contribution in [0.2, 0.25) is 0 Å². The van der Waals surface area contributed by atoms with Crippen LogP contribution in [0.25, 0.3) is 0 Å². The van der Waals surface area contributed by atoms with Crippen LogP contribution >= 0.6 is 0 Å². The van der Waals surface area contributed by atoms with Crippen molar-refractivity contribution in [2.24, 2.45) is 5.92 Å². The van der Waals surface area contributed by atoms with Gasteiger partial charge in [0, 0.05) is 0 Å². The lowest BCUT2D eigenvalue weighted by Crippen LogP contribution is -2.34. The zero-order valence-electron chi connectivity index (χ0n) is 9.38. The first-order valence-electron chi connectivity index (χ1n) is 5.53. The Kier molecular flexibility index (Phi) is 4.39. The zero-order chi connectivity index (χ0) is 10.6. The predicted molar refractivity (Wildman–Crippen MR) is 56.0 cm³/mol. The second kappa shape index (κ2) is 5.35. The van der Waals surface area contributed by atoms with Crippen LogP contribution in [0.3, 0.4) is 0 Å². The van der Waals surface area contributed by atoms with E-state index in [1.54, 1.807) is 0 Å². The normalized spacial score (nSPS) is 23.9. The van der Waals surface area contributed by atoms with Crippen molar-refractivity contribution in [1.29, 1.82) is 0 Å². The third kappa shape index (κ3) is 3.66. The summed E-state index contributed by atoms with van der Waals surface area (Å²) in [6.07, 6.45) is 2.99. The van der Waals surface area contributed by atoms with Crippen molar-refractivity contribution in [3.8, 4) is 0 Å². The van der Waals surface area contributed by atoms with E-state index in [4.69, 9.17) is 4.74 Å². The summed E-state index contributed by atoms with van der Waals surface area (Å²) in [5.74, 6) is 0.505. The van der Waals surface area contributed by atoms with Crippen molar-refractivity contribution in [3.05, 3.63) is 0 Å². The predicted octanol–water partition coefficient (Wildman–Crippen LogP) is 1.72.